The first-order valence-corrected chi connectivity index (χ1v) is 10.2. The summed E-state index contributed by atoms with van der Waals surface area (Å²) in [5, 5.41) is 14.2. The second-order valence-corrected chi connectivity index (χ2v) is 7.68. The van der Waals surface area contributed by atoms with Gasteiger partial charge < -0.3 is 16.0 Å². The van der Waals surface area contributed by atoms with Crippen LogP contribution in [0, 0.1) is 10.1 Å². The van der Waals surface area contributed by atoms with Crippen LogP contribution in [0.2, 0.25) is 0 Å². The number of carbonyl (C=O) groups excluding carboxylic acids is 2. The molecule has 0 unspecified atom stereocenters. The third-order valence-corrected chi connectivity index (χ3v) is 5.68. The summed E-state index contributed by atoms with van der Waals surface area (Å²) in [7, 11) is 0. The van der Waals surface area contributed by atoms with Crippen molar-refractivity contribution in [2.75, 3.05) is 17.2 Å². The summed E-state index contributed by atoms with van der Waals surface area (Å²) in [4.78, 5) is 47.5. The summed E-state index contributed by atoms with van der Waals surface area (Å²) in [6, 6.07) is 13.4. The van der Waals surface area contributed by atoms with Gasteiger partial charge in [0.15, 0.2) is 0 Å². The van der Waals surface area contributed by atoms with Crippen LogP contribution in [0.5, 0.6) is 0 Å². The molecular weight excluding hydrogens is 424 g/mol. The van der Waals surface area contributed by atoms with Crippen molar-refractivity contribution in [3.63, 3.8) is 0 Å². The number of nitro benzene ring substituents is 1. The molecule has 2 aliphatic rings. The minimum absolute atomic E-state index is 0.0753. The highest BCUT2D eigenvalue weighted by Gasteiger charge is 2.38. The first-order valence-electron chi connectivity index (χ1n) is 10.2. The molecule has 164 valence electrons. The van der Waals surface area contributed by atoms with E-state index in [1.54, 1.807) is 12.1 Å². The van der Waals surface area contributed by atoms with Gasteiger partial charge in [0.2, 0.25) is 6.17 Å². The van der Waals surface area contributed by atoms with Crippen LogP contribution in [0.3, 0.4) is 0 Å². The van der Waals surface area contributed by atoms with Crippen LogP contribution in [0.4, 0.5) is 17.1 Å². The lowest BCUT2D eigenvalue weighted by Gasteiger charge is -2.21. The zero-order chi connectivity index (χ0) is 23.1. The van der Waals surface area contributed by atoms with Crippen LogP contribution in [0.15, 0.2) is 65.9 Å². The zero-order valence-corrected chi connectivity index (χ0v) is 17.3. The number of anilines is 2. The molecule has 2 aromatic carbocycles. The number of non-ortho nitro benzene ring substituents is 1. The fraction of sp³-hybridized carbons (Fsp3) is 0.130. The average molecular weight is 442 g/mol. The molecule has 0 bridgehead atoms. The van der Waals surface area contributed by atoms with Gasteiger partial charge in [0.1, 0.15) is 0 Å². The predicted octanol–water partition coefficient (Wildman–Crippen LogP) is 2.07. The highest BCUT2D eigenvalue weighted by molar-refractivity contribution is 6.21. The Kier molecular flexibility index (Phi) is 4.82. The first-order chi connectivity index (χ1) is 15.9. The van der Waals surface area contributed by atoms with Gasteiger partial charge in [-0.3, -0.25) is 24.7 Å². The Morgan fingerprint density at radius 1 is 1.21 bits per heavy atom. The number of pyridine rings is 1. The lowest BCUT2D eigenvalue weighted by Crippen LogP contribution is -2.47. The summed E-state index contributed by atoms with van der Waals surface area (Å²) >= 11 is 0. The number of aromatic nitrogens is 1. The molecule has 0 saturated heterocycles. The number of nitrogens with zero attached hydrogens (tertiary/aromatic N) is 4. The van der Waals surface area contributed by atoms with Gasteiger partial charge in [-0.05, 0) is 18.1 Å². The maximum absolute atomic E-state index is 13.4. The molecule has 0 aliphatic carbocycles. The molecule has 3 aromatic rings. The molecule has 33 heavy (non-hydrogen) atoms. The quantitative estimate of drug-likeness (QED) is 0.468. The predicted molar refractivity (Wildman–Crippen MR) is 121 cm³/mol. The minimum Gasteiger partial charge on any atom is -0.397 e. The lowest BCUT2D eigenvalue weighted by molar-refractivity contribution is -0.384. The van der Waals surface area contributed by atoms with E-state index < -0.39 is 22.9 Å². The van der Waals surface area contributed by atoms with Crippen molar-refractivity contribution in [1.29, 1.82) is 0 Å². The second-order valence-electron chi connectivity index (χ2n) is 7.68. The number of nitrogen functional groups attached to an aromatic ring is 1. The number of aliphatic imine (C=N–C) groups is 1. The van der Waals surface area contributed by atoms with Gasteiger partial charge in [-0.1, -0.05) is 30.3 Å². The Bertz CT molecular complexity index is 1340. The van der Waals surface area contributed by atoms with Crippen LogP contribution in [-0.4, -0.2) is 40.1 Å². The molecule has 3 heterocycles. The Balaban J connectivity index is 1.66. The lowest BCUT2D eigenvalue weighted by atomic mass is 9.97. The fourth-order valence-electron chi connectivity index (χ4n) is 4.17. The van der Waals surface area contributed by atoms with Gasteiger partial charge in [0.05, 0.1) is 33.8 Å². The molecule has 1 atom stereocenters. The van der Waals surface area contributed by atoms with E-state index in [9.17, 15) is 19.7 Å². The van der Waals surface area contributed by atoms with E-state index in [0.717, 1.165) is 0 Å². The molecule has 10 nitrogen and oxygen atoms in total. The van der Waals surface area contributed by atoms with E-state index in [-0.39, 0.29) is 16.9 Å². The highest BCUT2D eigenvalue weighted by atomic mass is 16.6. The van der Waals surface area contributed by atoms with Crippen molar-refractivity contribution in [2.24, 2.45) is 4.99 Å². The summed E-state index contributed by atoms with van der Waals surface area (Å²) in [6.45, 7) is 0.337. The molecule has 10 heteroatoms. The summed E-state index contributed by atoms with van der Waals surface area (Å²) in [5.74, 6) is -0.989. The average Bonchev–Trinajstić information content (AvgIpc) is 3.21. The first kappa shape index (κ1) is 20.3. The molecule has 3 N–H and O–H groups in total. The van der Waals surface area contributed by atoms with E-state index in [1.807, 2.05) is 18.2 Å². The Morgan fingerprint density at radius 2 is 2.00 bits per heavy atom. The van der Waals surface area contributed by atoms with Crippen molar-refractivity contribution in [3.8, 4) is 0 Å². The van der Waals surface area contributed by atoms with E-state index in [4.69, 9.17) is 5.73 Å². The van der Waals surface area contributed by atoms with Gasteiger partial charge in [-0.25, -0.2) is 4.99 Å². The van der Waals surface area contributed by atoms with E-state index >= 15 is 0 Å². The van der Waals surface area contributed by atoms with E-state index in [2.05, 4.69) is 15.3 Å². The fourth-order valence-corrected chi connectivity index (χ4v) is 4.17. The molecule has 2 amide bonds. The van der Waals surface area contributed by atoms with Crippen molar-refractivity contribution in [2.45, 2.75) is 12.6 Å². The third-order valence-electron chi connectivity index (χ3n) is 5.68. The highest BCUT2D eigenvalue weighted by Crippen LogP contribution is 2.39. The van der Waals surface area contributed by atoms with Gasteiger partial charge >= 0.3 is 0 Å². The number of benzene rings is 2. The largest absolute Gasteiger partial charge is 0.397 e. The second kappa shape index (κ2) is 7.83. The normalized spacial score (nSPS) is 16.6. The van der Waals surface area contributed by atoms with Crippen LogP contribution in [0.25, 0.3) is 0 Å². The molecule has 0 saturated carbocycles. The molecule has 5 rings (SSSR count). The number of nitrogens with two attached hydrogens (primary N) is 1. The molecule has 0 fully saturated rings. The van der Waals surface area contributed by atoms with Crippen molar-refractivity contribution in [3.05, 3.63) is 93.3 Å². The molecule has 1 aromatic heterocycles. The van der Waals surface area contributed by atoms with Crippen LogP contribution >= 0.6 is 0 Å². The number of nitrogens with one attached hydrogen (secondary N) is 1. The summed E-state index contributed by atoms with van der Waals surface area (Å²) in [6.07, 6.45) is 2.01. The topological polar surface area (TPSA) is 144 Å². The standard InChI is InChI=1S/C23H18N6O4/c24-18-12-25-8-6-16(18)22(30)27-21-23(31)28-9-7-14-10-15(29(32)33)11-17(20(14)28)19(26-21)13-4-2-1-3-5-13/h1-6,8,10-12,21H,7,9,24H2,(H,27,30)/t21-/m1/s1. The number of carbonyl (C=O) groups is 2. The maximum atomic E-state index is 13.4. The minimum atomic E-state index is -1.24. The summed E-state index contributed by atoms with van der Waals surface area (Å²) in [5.41, 5.74) is 8.97. The third kappa shape index (κ3) is 3.47. The van der Waals surface area contributed by atoms with Crippen LogP contribution < -0.4 is 16.0 Å². The number of rotatable bonds is 4. The van der Waals surface area contributed by atoms with Crippen molar-refractivity contribution < 1.29 is 14.5 Å². The Labute approximate surface area is 187 Å². The van der Waals surface area contributed by atoms with Crippen molar-refractivity contribution in [1.82, 2.24) is 10.3 Å². The molecule has 2 aliphatic heterocycles. The maximum Gasteiger partial charge on any atom is 0.272 e. The van der Waals surface area contributed by atoms with E-state index in [1.165, 1.54) is 35.5 Å². The van der Waals surface area contributed by atoms with Gasteiger partial charge in [0, 0.05) is 36.0 Å². The molecular formula is C23H18N6O4. The Morgan fingerprint density at radius 3 is 2.73 bits per heavy atom. The molecule has 0 spiro atoms. The number of amides is 2. The molecule has 0 radical (unpaired) electrons. The number of hydrogen-bond donors (Lipinski definition) is 2. The van der Waals surface area contributed by atoms with Gasteiger partial charge in [-0.15, -0.1) is 0 Å². The zero-order valence-electron chi connectivity index (χ0n) is 17.3. The van der Waals surface area contributed by atoms with Crippen LogP contribution in [0.1, 0.15) is 27.0 Å². The van der Waals surface area contributed by atoms with Crippen molar-refractivity contribution >= 4 is 34.6 Å². The van der Waals surface area contributed by atoms with E-state index in [0.29, 0.717) is 41.1 Å². The monoisotopic (exact) mass is 442 g/mol. The number of nitro groups is 1. The summed E-state index contributed by atoms with van der Waals surface area (Å²) < 4.78 is 0. The van der Waals surface area contributed by atoms with Crippen LogP contribution in [-0.2, 0) is 11.2 Å². The van der Waals surface area contributed by atoms with Gasteiger partial charge in [0.25, 0.3) is 17.5 Å². The SMILES string of the molecule is Nc1cnccc1C(=O)N[C@H]1N=C(c2ccccc2)c2cc([N+](=O)[O-])cc3c2N(CC3)C1=O. The smallest absolute Gasteiger partial charge is 0.272 e. The Hall–Kier alpha value is -4.60. The number of hydrogen-bond acceptors (Lipinski definition) is 7. The van der Waals surface area contributed by atoms with Gasteiger partial charge in [-0.2, -0.15) is 0 Å².